The first kappa shape index (κ1) is 11.0. The zero-order chi connectivity index (χ0) is 11.5. The molecule has 0 fully saturated rings. The molecule has 16 heavy (non-hydrogen) atoms. The third-order valence-corrected chi connectivity index (χ3v) is 2.34. The van der Waals surface area contributed by atoms with Gasteiger partial charge in [-0.3, -0.25) is 0 Å². The second-order valence-corrected chi connectivity index (χ2v) is 4.35. The molecule has 0 saturated carbocycles. The highest BCUT2D eigenvalue weighted by Crippen LogP contribution is 2.21. The normalized spacial score (nSPS) is 10.4. The predicted octanol–water partition coefficient (Wildman–Crippen LogP) is 3.09. The summed E-state index contributed by atoms with van der Waals surface area (Å²) >= 11 is 3.24. The van der Waals surface area contributed by atoms with Gasteiger partial charge in [0.2, 0.25) is 0 Å². The molecular formula is C11H9BrFN3. The van der Waals surface area contributed by atoms with Gasteiger partial charge in [-0.1, -0.05) is 28.6 Å². The summed E-state index contributed by atoms with van der Waals surface area (Å²) in [5.74, 6) is 0.255. The Balaban J connectivity index is 2.45. The number of rotatable bonds is 3. The maximum Gasteiger partial charge on any atom is 0.149 e. The summed E-state index contributed by atoms with van der Waals surface area (Å²) in [6.07, 6.45) is 1.34. The van der Waals surface area contributed by atoms with E-state index in [0.717, 1.165) is 4.48 Å². The molecule has 1 aromatic carbocycles. The lowest BCUT2D eigenvalue weighted by atomic mass is 10.2. The first-order chi connectivity index (χ1) is 7.68. The van der Waals surface area contributed by atoms with Crippen LogP contribution < -0.4 is 5.32 Å². The standard InChI is InChI=1S/C11H9BrFN3/c1-7(12)5-14-11-8-3-2-4-9(13)10(8)15-6-16-11/h2-4,6H,1,5H2,(H,14,15,16). The second-order valence-electron chi connectivity index (χ2n) is 3.23. The van der Waals surface area contributed by atoms with Crippen LogP contribution in [0.4, 0.5) is 10.2 Å². The largest absolute Gasteiger partial charge is 0.365 e. The van der Waals surface area contributed by atoms with Crippen molar-refractivity contribution >= 4 is 32.7 Å². The van der Waals surface area contributed by atoms with Gasteiger partial charge in [-0.15, -0.1) is 0 Å². The number of anilines is 1. The Morgan fingerprint density at radius 1 is 1.44 bits per heavy atom. The Bertz CT molecular complexity index is 542. The number of aromatic nitrogens is 2. The first-order valence-corrected chi connectivity index (χ1v) is 5.44. The van der Waals surface area contributed by atoms with Gasteiger partial charge in [-0.25, -0.2) is 14.4 Å². The molecule has 0 spiro atoms. The zero-order valence-corrected chi connectivity index (χ0v) is 9.96. The van der Waals surface area contributed by atoms with Gasteiger partial charge in [0.05, 0.1) is 0 Å². The second kappa shape index (κ2) is 4.57. The Labute approximate surface area is 101 Å². The summed E-state index contributed by atoms with van der Waals surface area (Å²) in [5.41, 5.74) is 0.320. The summed E-state index contributed by atoms with van der Waals surface area (Å²) in [4.78, 5) is 7.98. The van der Waals surface area contributed by atoms with Crippen LogP contribution in [0.2, 0.25) is 0 Å². The van der Waals surface area contributed by atoms with E-state index in [1.165, 1.54) is 12.4 Å². The molecule has 2 aromatic rings. The lowest BCUT2D eigenvalue weighted by molar-refractivity contribution is 0.636. The molecule has 5 heteroatoms. The molecule has 2 rings (SSSR count). The Morgan fingerprint density at radius 2 is 2.25 bits per heavy atom. The van der Waals surface area contributed by atoms with E-state index in [9.17, 15) is 4.39 Å². The van der Waals surface area contributed by atoms with Crippen molar-refractivity contribution in [3.05, 3.63) is 41.4 Å². The minimum Gasteiger partial charge on any atom is -0.365 e. The lowest BCUT2D eigenvalue weighted by Crippen LogP contribution is -2.04. The molecule has 0 aliphatic rings. The highest BCUT2D eigenvalue weighted by molar-refractivity contribution is 9.11. The number of nitrogens with zero attached hydrogens (tertiary/aromatic N) is 2. The molecule has 0 radical (unpaired) electrons. The van der Waals surface area contributed by atoms with E-state index < -0.39 is 0 Å². The van der Waals surface area contributed by atoms with Gasteiger partial charge in [0, 0.05) is 16.4 Å². The van der Waals surface area contributed by atoms with E-state index in [-0.39, 0.29) is 5.82 Å². The third kappa shape index (κ3) is 2.19. The Morgan fingerprint density at radius 3 is 3.00 bits per heavy atom. The van der Waals surface area contributed by atoms with E-state index in [0.29, 0.717) is 23.3 Å². The van der Waals surface area contributed by atoms with Crippen LogP contribution in [0.15, 0.2) is 35.6 Å². The van der Waals surface area contributed by atoms with Crippen LogP contribution in [0, 0.1) is 5.82 Å². The van der Waals surface area contributed by atoms with Gasteiger partial charge >= 0.3 is 0 Å². The molecule has 0 aliphatic heterocycles. The fourth-order valence-electron chi connectivity index (χ4n) is 1.37. The van der Waals surface area contributed by atoms with E-state index in [1.807, 2.05) is 0 Å². The van der Waals surface area contributed by atoms with Crippen LogP contribution in [0.3, 0.4) is 0 Å². The van der Waals surface area contributed by atoms with Crippen LogP contribution in [-0.4, -0.2) is 16.5 Å². The SMILES string of the molecule is C=C(Br)CNc1ncnc2c(F)cccc12. The quantitative estimate of drug-likeness (QED) is 0.940. The zero-order valence-electron chi connectivity index (χ0n) is 8.37. The average Bonchev–Trinajstić information content (AvgIpc) is 2.27. The Hall–Kier alpha value is -1.49. The minimum absolute atomic E-state index is 0.320. The van der Waals surface area contributed by atoms with E-state index in [1.54, 1.807) is 12.1 Å². The van der Waals surface area contributed by atoms with Crippen LogP contribution >= 0.6 is 15.9 Å². The predicted molar refractivity (Wildman–Crippen MR) is 66.1 cm³/mol. The number of benzene rings is 1. The van der Waals surface area contributed by atoms with E-state index in [2.05, 4.69) is 37.8 Å². The molecule has 0 aliphatic carbocycles. The van der Waals surface area contributed by atoms with Crippen molar-refractivity contribution in [2.45, 2.75) is 0 Å². The van der Waals surface area contributed by atoms with Crippen LogP contribution in [0.25, 0.3) is 10.9 Å². The maximum atomic E-state index is 13.4. The van der Waals surface area contributed by atoms with Crippen molar-refractivity contribution in [2.24, 2.45) is 0 Å². The van der Waals surface area contributed by atoms with Gasteiger partial charge in [-0.2, -0.15) is 0 Å². The van der Waals surface area contributed by atoms with Gasteiger partial charge in [0.15, 0.2) is 0 Å². The van der Waals surface area contributed by atoms with Gasteiger partial charge in [-0.05, 0) is 12.1 Å². The van der Waals surface area contributed by atoms with E-state index in [4.69, 9.17) is 0 Å². The number of hydrogen-bond acceptors (Lipinski definition) is 3. The van der Waals surface area contributed by atoms with Gasteiger partial charge in [0.1, 0.15) is 23.5 Å². The summed E-state index contributed by atoms with van der Waals surface area (Å²) in [7, 11) is 0. The molecule has 1 N–H and O–H groups in total. The van der Waals surface area contributed by atoms with Crippen molar-refractivity contribution in [1.82, 2.24) is 9.97 Å². The topological polar surface area (TPSA) is 37.8 Å². The van der Waals surface area contributed by atoms with E-state index >= 15 is 0 Å². The first-order valence-electron chi connectivity index (χ1n) is 4.65. The Kier molecular flexibility index (Phi) is 3.14. The highest BCUT2D eigenvalue weighted by Gasteiger charge is 2.06. The van der Waals surface area contributed by atoms with Crippen LogP contribution in [-0.2, 0) is 0 Å². The molecule has 1 heterocycles. The van der Waals surface area contributed by atoms with Gasteiger partial charge < -0.3 is 5.32 Å². The van der Waals surface area contributed by atoms with Crippen molar-refractivity contribution < 1.29 is 4.39 Å². The molecule has 0 atom stereocenters. The molecule has 0 unspecified atom stereocenters. The third-order valence-electron chi connectivity index (χ3n) is 2.06. The van der Waals surface area contributed by atoms with Crippen LogP contribution in [0.5, 0.6) is 0 Å². The fourth-order valence-corrected chi connectivity index (χ4v) is 1.51. The molecule has 1 aromatic heterocycles. The lowest BCUT2D eigenvalue weighted by Gasteiger charge is -2.07. The maximum absolute atomic E-state index is 13.4. The molecule has 0 amide bonds. The van der Waals surface area contributed by atoms with Crippen molar-refractivity contribution in [3.63, 3.8) is 0 Å². The highest BCUT2D eigenvalue weighted by atomic mass is 79.9. The molecule has 3 nitrogen and oxygen atoms in total. The van der Waals surface area contributed by atoms with Crippen molar-refractivity contribution in [3.8, 4) is 0 Å². The number of halogens is 2. The average molecular weight is 282 g/mol. The summed E-state index contributed by atoms with van der Waals surface area (Å²) in [6.45, 7) is 4.23. The molecule has 0 saturated heterocycles. The molecule has 82 valence electrons. The fraction of sp³-hybridized carbons (Fsp3) is 0.0909. The minimum atomic E-state index is -0.347. The summed E-state index contributed by atoms with van der Waals surface area (Å²) in [5, 5.41) is 3.71. The van der Waals surface area contributed by atoms with Crippen LogP contribution in [0.1, 0.15) is 0 Å². The van der Waals surface area contributed by atoms with Crippen molar-refractivity contribution in [2.75, 3.05) is 11.9 Å². The number of para-hydroxylation sites is 1. The molecule has 0 bridgehead atoms. The number of fused-ring (bicyclic) bond motifs is 1. The smallest absolute Gasteiger partial charge is 0.149 e. The number of nitrogens with one attached hydrogen (secondary N) is 1. The summed E-state index contributed by atoms with van der Waals surface area (Å²) < 4.78 is 14.2. The van der Waals surface area contributed by atoms with Gasteiger partial charge in [0.25, 0.3) is 0 Å². The van der Waals surface area contributed by atoms with Crippen molar-refractivity contribution in [1.29, 1.82) is 0 Å². The summed E-state index contributed by atoms with van der Waals surface area (Å²) in [6, 6.07) is 4.79. The number of hydrogen-bond donors (Lipinski definition) is 1. The molecular weight excluding hydrogens is 273 g/mol. The monoisotopic (exact) mass is 281 g/mol.